The topological polar surface area (TPSA) is 46.2 Å². The molecule has 3 nitrogen and oxygen atoms in total. The van der Waals surface area contributed by atoms with E-state index < -0.39 is 10.0 Å². The number of hydrogen-bond acceptors (Lipinski definition) is 3. The largest absolute Gasteiger partial charge is 0.278 e. The molecule has 0 bridgehead atoms. The maximum Gasteiger partial charge on any atom is 0.261 e. The zero-order chi connectivity index (χ0) is 20.0. The molecule has 0 aromatic heterocycles. The standard InChI is InChI=1S/C23H21NO2S2/c1-18-13-15-21(16-14-18)28(25,26)24-22-11-5-6-12-23(22)27-17-7-10-20-9-4-3-8-19(20)2/h3-6,8-9,11-16,24H,17H2,1-2H3. The van der Waals surface area contributed by atoms with E-state index in [1.165, 1.54) is 11.8 Å². The molecule has 0 fully saturated rings. The third-order valence-corrected chi connectivity index (χ3v) is 6.47. The molecule has 1 N–H and O–H groups in total. The molecule has 3 aromatic carbocycles. The fourth-order valence-corrected chi connectivity index (χ4v) is 4.45. The lowest BCUT2D eigenvalue weighted by atomic mass is 10.1. The first-order chi connectivity index (χ1) is 13.5. The maximum atomic E-state index is 12.7. The minimum absolute atomic E-state index is 0.247. The molecule has 0 aliphatic carbocycles. The van der Waals surface area contributed by atoms with E-state index in [-0.39, 0.29) is 4.90 Å². The van der Waals surface area contributed by atoms with E-state index in [4.69, 9.17) is 0 Å². The van der Waals surface area contributed by atoms with Crippen LogP contribution in [0.3, 0.4) is 0 Å². The Hall–Kier alpha value is -2.68. The predicted molar refractivity (Wildman–Crippen MR) is 117 cm³/mol. The smallest absolute Gasteiger partial charge is 0.261 e. The maximum absolute atomic E-state index is 12.7. The number of nitrogens with one attached hydrogen (secondary N) is 1. The molecule has 0 aliphatic rings. The van der Waals surface area contributed by atoms with Gasteiger partial charge in [-0.2, -0.15) is 0 Å². The van der Waals surface area contributed by atoms with E-state index in [0.29, 0.717) is 11.4 Å². The zero-order valence-corrected chi connectivity index (χ0v) is 17.4. The second kappa shape index (κ2) is 9.01. The van der Waals surface area contributed by atoms with Gasteiger partial charge in [0, 0.05) is 10.5 Å². The molecule has 0 atom stereocenters. The monoisotopic (exact) mass is 407 g/mol. The Bertz CT molecular complexity index is 1130. The molecule has 0 radical (unpaired) electrons. The number of benzene rings is 3. The van der Waals surface area contributed by atoms with Crippen molar-refractivity contribution in [3.63, 3.8) is 0 Å². The Morgan fingerprint density at radius 2 is 1.57 bits per heavy atom. The summed E-state index contributed by atoms with van der Waals surface area (Å²) in [6.45, 7) is 3.96. The number of para-hydroxylation sites is 1. The summed E-state index contributed by atoms with van der Waals surface area (Å²) in [6, 6.07) is 22.2. The van der Waals surface area contributed by atoms with Crippen LogP contribution in [0.1, 0.15) is 16.7 Å². The third kappa shape index (κ3) is 5.19. The van der Waals surface area contributed by atoms with E-state index in [9.17, 15) is 8.42 Å². The van der Waals surface area contributed by atoms with Gasteiger partial charge in [0.15, 0.2) is 0 Å². The summed E-state index contributed by atoms with van der Waals surface area (Å²) in [5, 5.41) is 0. The average molecular weight is 408 g/mol. The van der Waals surface area contributed by atoms with Crippen molar-refractivity contribution >= 4 is 27.5 Å². The van der Waals surface area contributed by atoms with Gasteiger partial charge in [-0.25, -0.2) is 8.42 Å². The number of sulfonamides is 1. The third-order valence-electron chi connectivity index (χ3n) is 4.13. The second-order valence-corrected chi connectivity index (χ2v) is 9.02. The molecular weight excluding hydrogens is 386 g/mol. The van der Waals surface area contributed by atoms with Crippen LogP contribution in [0.15, 0.2) is 82.6 Å². The highest BCUT2D eigenvalue weighted by atomic mass is 32.2. The molecule has 3 rings (SSSR count). The fourth-order valence-electron chi connectivity index (χ4n) is 2.56. The minimum Gasteiger partial charge on any atom is -0.278 e. The summed E-state index contributed by atoms with van der Waals surface area (Å²) in [5.41, 5.74) is 3.73. The van der Waals surface area contributed by atoms with E-state index in [1.54, 1.807) is 30.3 Å². The van der Waals surface area contributed by atoms with Gasteiger partial charge in [0.2, 0.25) is 0 Å². The molecule has 5 heteroatoms. The Morgan fingerprint density at radius 3 is 2.32 bits per heavy atom. The van der Waals surface area contributed by atoms with Gasteiger partial charge in [-0.3, -0.25) is 4.72 Å². The number of aryl methyl sites for hydroxylation is 2. The van der Waals surface area contributed by atoms with Crippen molar-refractivity contribution in [3.8, 4) is 11.8 Å². The highest BCUT2D eigenvalue weighted by molar-refractivity contribution is 7.99. The van der Waals surface area contributed by atoms with Gasteiger partial charge in [-0.15, -0.1) is 11.8 Å². The summed E-state index contributed by atoms with van der Waals surface area (Å²) in [6.07, 6.45) is 0. The SMILES string of the molecule is Cc1ccc(S(=O)(=O)Nc2ccccc2SCC#Cc2ccccc2C)cc1. The fraction of sp³-hybridized carbons (Fsp3) is 0.130. The van der Waals surface area contributed by atoms with Crippen LogP contribution in [0, 0.1) is 25.7 Å². The summed E-state index contributed by atoms with van der Waals surface area (Å²) < 4.78 is 28.0. The van der Waals surface area contributed by atoms with Crippen LogP contribution in [0.25, 0.3) is 0 Å². The summed E-state index contributed by atoms with van der Waals surface area (Å²) >= 11 is 1.51. The Balaban J connectivity index is 1.73. The lowest BCUT2D eigenvalue weighted by molar-refractivity contribution is 0.601. The van der Waals surface area contributed by atoms with Crippen LogP contribution in [0.5, 0.6) is 0 Å². The van der Waals surface area contributed by atoms with Crippen LogP contribution >= 0.6 is 11.8 Å². The van der Waals surface area contributed by atoms with Crippen LogP contribution in [0.4, 0.5) is 5.69 Å². The second-order valence-electron chi connectivity index (χ2n) is 6.32. The molecule has 0 unspecified atom stereocenters. The van der Waals surface area contributed by atoms with Gasteiger partial charge < -0.3 is 0 Å². The first kappa shape index (κ1) is 20.1. The molecule has 0 saturated carbocycles. The first-order valence-corrected chi connectivity index (χ1v) is 11.3. The quantitative estimate of drug-likeness (QED) is 0.464. The van der Waals surface area contributed by atoms with Gasteiger partial charge in [-0.1, -0.05) is 59.9 Å². The van der Waals surface area contributed by atoms with E-state index in [2.05, 4.69) is 16.6 Å². The van der Waals surface area contributed by atoms with Crippen molar-refractivity contribution in [2.75, 3.05) is 10.5 Å². The summed E-state index contributed by atoms with van der Waals surface area (Å²) in [4.78, 5) is 1.09. The molecule has 0 aliphatic heterocycles. The molecule has 0 saturated heterocycles. The van der Waals surface area contributed by atoms with Crippen LogP contribution in [-0.4, -0.2) is 14.2 Å². The van der Waals surface area contributed by atoms with Crippen molar-refractivity contribution in [1.82, 2.24) is 0 Å². The highest BCUT2D eigenvalue weighted by Crippen LogP contribution is 2.28. The summed E-state index contributed by atoms with van der Waals surface area (Å²) in [7, 11) is -3.63. The molecule has 0 heterocycles. The van der Waals surface area contributed by atoms with E-state index in [1.807, 2.05) is 56.3 Å². The van der Waals surface area contributed by atoms with Crippen molar-refractivity contribution in [1.29, 1.82) is 0 Å². The molecule has 0 amide bonds. The van der Waals surface area contributed by atoms with Gasteiger partial charge in [0.25, 0.3) is 10.0 Å². The number of hydrogen-bond donors (Lipinski definition) is 1. The zero-order valence-electron chi connectivity index (χ0n) is 15.8. The highest BCUT2D eigenvalue weighted by Gasteiger charge is 2.15. The molecule has 3 aromatic rings. The van der Waals surface area contributed by atoms with Crippen LogP contribution in [-0.2, 0) is 10.0 Å². The van der Waals surface area contributed by atoms with Crippen molar-refractivity contribution in [2.45, 2.75) is 23.6 Å². The van der Waals surface area contributed by atoms with Gasteiger partial charge >= 0.3 is 0 Å². The van der Waals surface area contributed by atoms with Crippen molar-refractivity contribution < 1.29 is 8.42 Å². The normalized spacial score (nSPS) is 10.8. The molecule has 28 heavy (non-hydrogen) atoms. The van der Waals surface area contributed by atoms with E-state index in [0.717, 1.165) is 21.6 Å². The van der Waals surface area contributed by atoms with Gasteiger partial charge in [0.1, 0.15) is 0 Å². The Kier molecular flexibility index (Phi) is 6.45. The van der Waals surface area contributed by atoms with Crippen molar-refractivity contribution in [3.05, 3.63) is 89.5 Å². The number of thioether (sulfide) groups is 1. The van der Waals surface area contributed by atoms with Crippen LogP contribution in [0.2, 0.25) is 0 Å². The molecule has 142 valence electrons. The lowest BCUT2D eigenvalue weighted by Gasteiger charge is -2.11. The lowest BCUT2D eigenvalue weighted by Crippen LogP contribution is -2.13. The summed E-state index contributed by atoms with van der Waals surface area (Å²) in [5.74, 6) is 6.89. The minimum atomic E-state index is -3.63. The van der Waals surface area contributed by atoms with Crippen LogP contribution < -0.4 is 4.72 Å². The Morgan fingerprint density at radius 1 is 0.893 bits per heavy atom. The number of anilines is 1. The molecular formula is C23H21NO2S2. The number of rotatable bonds is 5. The van der Waals surface area contributed by atoms with E-state index >= 15 is 0 Å². The van der Waals surface area contributed by atoms with Gasteiger partial charge in [0.05, 0.1) is 16.3 Å². The predicted octanol–water partition coefficient (Wildman–Crippen LogP) is 5.25. The van der Waals surface area contributed by atoms with Crippen molar-refractivity contribution in [2.24, 2.45) is 0 Å². The average Bonchev–Trinajstić information content (AvgIpc) is 2.68. The molecule has 0 spiro atoms. The first-order valence-electron chi connectivity index (χ1n) is 8.81. The van der Waals surface area contributed by atoms with Gasteiger partial charge in [-0.05, 0) is 49.7 Å². The Labute approximate surface area is 171 Å².